The van der Waals surface area contributed by atoms with Crippen LogP contribution in [0.25, 0.3) is 0 Å². The first kappa shape index (κ1) is 24.4. The molecule has 5 aromatic carbocycles. The van der Waals surface area contributed by atoms with Gasteiger partial charge in [0.05, 0.1) is 0 Å². The largest absolute Gasteiger partial charge is 0.329 e. The fourth-order valence-electron chi connectivity index (χ4n) is 5.72. The van der Waals surface area contributed by atoms with Crippen molar-refractivity contribution in [3.05, 3.63) is 179 Å². The number of carbonyl (C=O) groups is 2. The quantitative estimate of drug-likeness (QED) is 0.173. The molecule has 1 heterocycles. The summed E-state index contributed by atoms with van der Waals surface area (Å²) in [6, 6.07) is 47.9. The van der Waals surface area contributed by atoms with Crippen LogP contribution in [0.2, 0.25) is 0 Å². The van der Waals surface area contributed by atoms with Crippen LogP contribution in [0.4, 0.5) is 4.79 Å². The molecule has 1 fully saturated rings. The first-order valence-electron chi connectivity index (χ1n) is 13.1. The van der Waals surface area contributed by atoms with E-state index in [-0.39, 0.29) is 11.9 Å². The van der Waals surface area contributed by atoms with Crippen molar-refractivity contribution >= 4 is 11.9 Å². The molecule has 0 radical (unpaired) electrons. The van der Waals surface area contributed by atoms with Crippen LogP contribution in [0, 0.1) is 0 Å². The van der Waals surface area contributed by atoms with Crippen molar-refractivity contribution in [2.75, 3.05) is 0 Å². The standard InChI is InChI=1S/C35H28N2O2/c38-33-32(28-18-8-2-9-19-28)36(26-27-16-6-1-7-17-27)34(39)37(33)35(29-20-10-3-11-21-29,30-22-12-4-13-23-30)31-24-14-5-15-25-31/h1-25,32H,26H2. The molecule has 4 nitrogen and oxygen atoms in total. The summed E-state index contributed by atoms with van der Waals surface area (Å²) in [5.41, 5.74) is 3.12. The van der Waals surface area contributed by atoms with Gasteiger partial charge in [-0.05, 0) is 27.8 Å². The highest BCUT2D eigenvalue weighted by atomic mass is 16.2. The number of urea groups is 1. The summed E-state index contributed by atoms with van der Waals surface area (Å²) in [6.07, 6.45) is 0. The van der Waals surface area contributed by atoms with Gasteiger partial charge in [0.15, 0.2) is 0 Å². The molecule has 0 bridgehead atoms. The molecule has 5 aromatic rings. The van der Waals surface area contributed by atoms with E-state index < -0.39 is 11.6 Å². The normalized spacial score (nSPS) is 15.5. The van der Waals surface area contributed by atoms with Gasteiger partial charge in [-0.1, -0.05) is 152 Å². The van der Waals surface area contributed by atoms with Crippen LogP contribution in [-0.2, 0) is 16.9 Å². The van der Waals surface area contributed by atoms with Gasteiger partial charge < -0.3 is 4.90 Å². The zero-order valence-corrected chi connectivity index (χ0v) is 21.4. The van der Waals surface area contributed by atoms with Crippen LogP contribution in [0.15, 0.2) is 152 Å². The third-order valence-corrected chi connectivity index (χ3v) is 7.42. The lowest BCUT2D eigenvalue weighted by Gasteiger charge is -2.42. The predicted octanol–water partition coefficient (Wildman–Crippen LogP) is 7.18. The average Bonchev–Trinajstić information content (AvgIpc) is 3.25. The number of amides is 3. The number of nitrogens with zero attached hydrogens (tertiary/aromatic N) is 2. The van der Waals surface area contributed by atoms with Crippen molar-refractivity contribution in [1.29, 1.82) is 0 Å². The van der Waals surface area contributed by atoms with Crippen LogP contribution in [0.3, 0.4) is 0 Å². The van der Waals surface area contributed by atoms with Crippen molar-refractivity contribution < 1.29 is 9.59 Å². The second-order valence-electron chi connectivity index (χ2n) is 9.69. The lowest BCUT2D eigenvalue weighted by atomic mass is 9.75. The molecule has 190 valence electrons. The minimum atomic E-state index is -1.17. The molecule has 0 aliphatic carbocycles. The van der Waals surface area contributed by atoms with Crippen LogP contribution >= 0.6 is 0 Å². The van der Waals surface area contributed by atoms with Crippen molar-refractivity contribution in [3.8, 4) is 0 Å². The lowest BCUT2D eigenvalue weighted by Crippen LogP contribution is -2.51. The molecule has 6 rings (SSSR count). The Bertz CT molecular complexity index is 1460. The number of hydrogen-bond donors (Lipinski definition) is 0. The molecular weight excluding hydrogens is 480 g/mol. The number of rotatable bonds is 7. The highest BCUT2D eigenvalue weighted by Crippen LogP contribution is 2.48. The van der Waals surface area contributed by atoms with Crippen LogP contribution in [-0.4, -0.2) is 21.7 Å². The van der Waals surface area contributed by atoms with Gasteiger partial charge in [0.2, 0.25) is 0 Å². The summed E-state index contributed by atoms with van der Waals surface area (Å²) >= 11 is 0. The van der Waals surface area contributed by atoms with Crippen molar-refractivity contribution in [1.82, 2.24) is 9.80 Å². The second kappa shape index (κ2) is 10.4. The van der Waals surface area contributed by atoms with Gasteiger partial charge in [-0.25, -0.2) is 9.69 Å². The Labute approximate surface area is 228 Å². The maximum Gasteiger partial charge on any atom is 0.329 e. The van der Waals surface area contributed by atoms with Gasteiger partial charge in [0.25, 0.3) is 5.91 Å². The molecule has 1 aliphatic rings. The van der Waals surface area contributed by atoms with E-state index in [9.17, 15) is 9.59 Å². The summed E-state index contributed by atoms with van der Waals surface area (Å²) in [5, 5.41) is 0. The van der Waals surface area contributed by atoms with E-state index in [1.807, 2.05) is 152 Å². The molecule has 39 heavy (non-hydrogen) atoms. The molecule has 0 spiro atoms. The van der Waals surface area contributed by atoms with E-state index in [0.717, 1.165) is 27.8 Å². The monoisotopic (exact) mass is 508 g/mol. The minimum absolute atomic E-state index is 0.251. The Kier molecular flexibility index (Phi) is 6.52. The third kappa shape index (κ3) is 4.20. The smallest absolute Gasteiger partial charge is 0.304 e. The Morgan fingerprint density at radius 3 is 1.33 bits per heavy atom. The van der Waals surface area contributed by atoms with Gasteiger partial charge >= 0.3 is 6.03 Å². The van der Waals surface area contributed by atoms with Gasteiger partial charge in [-0.3, -0.25) is 4.79 Å². The fraction of sp³-hybridized carbons (Fsp3) is 0.0857. The number of hydrogen-bond acceptors (Lipinski definition) is 2. The molecule has 3 amide bonds. The molecule has 1 atom stereocenters. The molecule has 1 unspecified atom stereocenters. The summed E-state index contributed by atoms with van der Waals surface area (Å²) in [4.78, 5) is 32.6. The molecule has 0 saturated carbocycles. The molecular formula is C35H28N2O2. The maximum atomic E-state index is 14.7. The number of benzene rings is 5. The Hall–Kier alpha value is -4.96. The van der Waals surface area contributed by atoms with E-state index in [4.69, 9.17) is 0 Å². The van der Waals surface area contributed by atoms with E-state index >= 15 is 0 Å². The van der Waals surface area contributed by atoms with Crippen molar-refractivity contribution in [2.24, 2.45) is 0 Å². The van der Waals surface area contributed by atoms with E-state index in [0.29, 0.717) is 6.54 Å². The third-order valence-electron chi connectivity index (χ3n) is 7.42. The van der Waals surface area contributed by atoms with Gasteiger partial charge in [-0.2, -0.15) is 0 Å². The fourth-order valence-corrected chi connectivity index (χ4v) is 5.72. The molecule has 0 N–H and O–H groups in total. The van der Waals surface area contributed by atoms with Crippen LogP contribution in [0.1, 0.15) is 33.9 Å². The van der Waals surface area contributed by atoms with Gasteiger partial charge in [0, 0.05) is 6.54 Å². The molecule has 0 aromatic heterocycles. The van der Waals surface area contributed by atoms with E-state index in [1.54, 1.807) is 4.90 Å². The Morgan fingerprint density at radius 2 is 0.897 bits per heavy atom. The van der Waals surface area contributed by atoms with Crippen molar-refractivity contribution in [2.45, 2.75) is 18.1 Å². The van der Waals surface area contributed by atoms with E-state index in [1.165, 1.54) is 4.90 Å². The zero-order valence-electron chi connectivity index (χ0n) is 21.4. The Morgan fingerprint density at radius 1 is 0.513 bits per heavy atom. The predicted molar refractivity (Wildman–Crippen MR) is 153 cm³/mol. The molecule has 4 heteroatoms. The highest BCUT2D eigenvalue weighted by Gasteiger charge is 2.57. The van der Waals surface area contributed by atoms with E-state index in [2.05, 4.69) is 0 Å². The van der Waals surface area contributed by atoms with Gasteiger partial charge in [-0.15, -0.1) is 0 Å². The van der Waals surface area contributed by atoms with Crippen molar-refractivity contribution in [3.63, 3.8) is 0 Å². The average molecular weight is 509 g/mol. The topological polar surface area (TPSA) is 40.6 Å². The first-order valence-corrected chi connectivity index (χ1v) is 13.1. The summed E-state index contributed by atoms with van der Waals surface area (Å²) in [7, 11) is 0. The summed E-state index contributed by atoms with van der Waals surface area (Å²) < 4.78 is 0. The second-order valence-corrected chi connectivity index (χ2v) is 9.69. The number of imide groups is 1. The lowest BCUT2D eigenvalue weighted by molar-refractivity contribution is -0.131. The highest BCUT2D eigenvalue weighted by molar-refractivity contribution is 6.06. The number of carbonyl (C=O) groups excluding carboxylic acids is 2. The SMILES string of the molecule is O=C1C(c2ccccc2)N(Cc2ccccc2)C(=O)N1C(c1ccccc1)(c1ccccc1)c1ccccc1. The maximum absolute atomic E-state index is 14.7. The Balaban J connectivity index is 1.62. The summed E-state index contributed by atoms with van der Waals surface area (Å²) in [6.45, 7) is 0.315. The van der Waals surface area contributed by atoms with Crippen LogP contribution < -0.4 is 0 Å². The first-order chi connectivity index (χ1) is 19.2. The molecule has 1 saturated heterocycles. The van der Waals surface area contributed by atoms with Crippen LogP contribution in [0.5, 0.6) is 0 Å². The zero-order chi connectivity index (χ0) is 26.7. The molecule has 1 aliphatic heterocycles. The van der Waals surface area contributed by atoms with Gasteiger partial charge in [0.1, 0.15) is 11.6 Å². The minimum Gasteiger partial charge on any atom is -0.304 e. The summed E-state index contributed by atoms with van der Waals surface area (Å²) in [5.74, 6) is -0.251.